The molecule has 1 saturated heterocycles. The van der Waals surface area contributed by atoms with Crippen LogP contribution < -0.4 is 4.90 Å². The molecule has 3 amide bonds. The maximum Gasteiger partial charge on any atom is 0.423 e. The number of para-hydroxylation sites is 1. The van der Waals surface area contributed by atoms with E-state index in [0.717, 1.165) is 32.4 Å². The maximum absolute atomic E-state index is 12.0. The minimum atomic E-state index is -0.837. The fraction of sp³-hybridized carbons (Fsp3) is 0.459. The molecule has 0 bridgehead atoms. The van der Waals surface area contributed by atoms with Gasteiger partial charge in [-0.1, -0.05) is 50.3 Å². The second-order valence-electron chi connectivity index (χ2n) is 13.0. The molecular weight excluding hydrogens is 550 g/mol. The highest BCUT2D eigenvalue weighted by Crippen LogP contribution is 2.48. The van der Waals surface area contributed by atoms with Crippen LogP contribution in [0.1, 0.15) is 90.3 Å². The lowest BCUT2D eigenvalue weighted by atomic mass is 9.81. The molecular formula is C37H46N3O4+. The van der Waals surface area contributed by atoms with Gasteiger partial charge in [-0.15, -0.1) is 0 Å². The number of hydrogen-bond acceptors (Lipinski definition) is 5. The molecule has 2 aromatic rings. The summed E-state index contributed by atoms with van der Waals surface area (Å²) in [7, 11) is 0. The summed E-state index contributed by atoms with van der Waals surface area (Å²) in [4.78, 5) is 38.5. The molecule has 232 valence electrons. The van der Waals surface area contributed by atoms with Gasteiger partial charge in [-0.2, -0.15) is 9.48 Å². The van der Waals surface area contributed by atoms with Crippen LogP contribution in [0.5, 0.6) is 0 Å². The Balaban J connectivity index is 1.23. The summed E-state index contributed by atoms with van der Waals surface area (Å²) in [6, 6.07) is 15.6. The van der Waals surface area contributed by atoms with Gasteiger partial charge in [0.1, 0.15) is 6.54 Å². The van der Waals surface area contributed by atoms with Gasteiger partial charge >= 0.3 is 6.09 Å². The second-order valence-corrected chi connectivity index (χ2v) is 13.0. The van der Waals surface area contributed by atoms with E-state index < -0.39 is 17.9 Å². The van der Waals surface area contributed by atoms with Gasteiger partial charge in [-0.25, -0.2) is 4.79 Å². The number of nitrogens with zero attached hydrogens (tertiary/aromatic N) is 3. The van der Waals surface area contributed by atoms with Crippen LogP contribution in [0.3, 0.4) is 0 Å². The summed E-state index contributed by atoms with van der Waals surface area (Å²) in [5.74, 6) is -0.943. The number of unbranched alkanes of at least 4 members (excludes halogenated alkanes) is 2. The molecule has 7 nitrogen and oxygen atoms in total. The molecule has 0 spiro atoms. The topological polar surface area (TPSA) is 69.9 Å². The monoisotopic (exact) mass is 596 g/mol. The number of ether oxygens (including phenoxy) is 1. The SMILES string of the molecule is CCN1/C(=C/C=C/C2=[N+](CC)c3ccccc3C2(C)C)C(C)(C)c2cc(CCCCCOC(=O)N3C(=O)CCC3=O)ccc21. The summed E-state index contributed by atoms with van der Waals surface area (Å²) >= 11 is 0. The molecule has 0 aliphatic carbocycles. The molecule has 0 atom stereocenters. The van der Waals surface area contributed by atoms with Gasteiger partial charge in [-0.3, -0.25) is 9.59 Å². The van der Waals surface area contributed by atoms with Gasteiger partial charge in [0.05, 0.1) is 12.0 Å². The molecule has 7 heteroatoms. The molecule has 0 saturated carbocycles. The lowest BCUT2D eigenvalue weighted by molar-refractivity contribution is -0.433. The average molecular weight is 597 g/mol. The summed E-state index contributed by atoms with van der Waals surface area (Å²) < 4.78 is 7.60. The molecule has 3 heterocycles. The number of anilines is 1. The van der Waals surface area contributed by atoms with E-state index in [0.29, 0.717) is 11.3 Å². The third-order valence-electron chi connectivity index (χ3n) is 9.47. The smallest absolute Gasteiger partial charge is 0.423 e. The molecule has 0 N–H and O–H groups in total. The molecule has 3 aliphatic heterocycles. The van der Waals surface area contributed by atoms with Crippen molar-refractivity contribution in [2.75, 3.05) is 24.6 Å². The molecule has 5 rings (SSSR count). The zero-order valence-electron chi connectivity index (χ0n) is 27.1. The lowest BCUT2D eigenvalue weighted by Crippen LogP contribution is -2.36. The minimum Gasteiger partial charge on any atom is -0.449 e. The summed E-state index contributed by atoms with van der Waals surface area (Å²) in [5, 5.41) is 0. The molecule has 3 aliphatic rings. The number of fused-ring (bicyclic) bond motifs is 2. The quantitative estimate of drug-likeness (QED) is 0.163. The van der Waals surface area contributed by atoms with E-state index in [2.05, 4.69) is 112 Å². The van der Waals surface area contributed by atoms with Gasteiger partial charge in [0.2, 0.25) is 17.5 Å². The van der Waals surface area contributed by atoms with Crippen LogP contribution in [0.2, 0.25) is 0 Å². The van der Waals surface area contributed by atoms with Crippen molar-refractivity contribution in [2.45, 2.75) is 90.9 Å². The number of benzene rings is 2. The Morgan fingerprint density at radius 3 is 2.36 bits per heavy atom. The number of imide groups is 3. The highest BCUT2D eigenvalue weighted by atomic mass is 16.6. The Hall–Kier alpha value is -4.00. The molecule has 44 heavy (non-hydrogen) atoms. The van der Waals surface area contributed by atoms with E-state index in [1.807, 2.05) is 0 Å². The van der Waals surface area contributed by atoms with E-state index >= 15 is 0 Å². The standard InChI is InChI=1S/C37H46N3O4/c1-7-38-29-17-12-11-16-27(29)36(3,4)31(38)18-14-19-32-37(5,6)28-25-26(20-21-30(28)39(32)8-2)15-10-9-13-24-44-35(43)40-33(41)22-23-34(40)42/h11-12,14,16-21,25H,7-10,13,15,22-24H2,1-6H3/q+1. The normalized spacial score (nSPS) is 19.5. The largest absolute Gasteiger partial charge is 0.449 e. The number of aryl methyl sites for hydroxylation is 1. The van der Waals surface area contributed by atoms with Gasteiger partial charge in [0.15, 0.2) is 5.71 Å². The maximum atomic E-state index is 12.0. The molecule has 0 unspecified atom stereocenters. The van der Waals surface area contributed by atoms with E-state index in [9.17, 15) is 14.4 Å². The van der Waals surface area contributed by atoms with Gasteiger partial charge in [0, 0.05) is 53.9 Å². The predicted octanol–water partition coefficient (Wildman–Crippen LogP) is 7.34. The second kappa shape index (κ2) is 12.5. The van der Waals surface area contributed by atoms with Crippen molar-refractivity contribution in [3.05, 3.63) is 83.1 Å². The lowest BCUT2D eigenvalue weighted by Gasteiger charge is -2.25. The van der Waals surface area contributed by atoms with Crippen molar-refractivity contribution >= 4 is 35.0 Å². The van der Waals surface area contributed by atoms with Crippen LogP contribution in [0.25, 0.3) is 0 Å². The first kappa shape index (κ1) is 31.4. The Morgan fingerprint density at radius 1 is 0.932 bits per heavy atom. The first-order chi connectivity index (χ1) is 21.0. The van der Waals surface area contributed by atoms with Crippen LogP contribution in [0.15, 0.2) is 66.4 Å². The zero-order valence-corrected chi connectivity index (χ0v) is 27.1. The van der Waals surface area contributed by atoms with E-state index in [1.54, 1.807) is 0 Å². The first-order valence-corrected chi connectivity index (χ1v) is 16.1. The molecule has 0 aromatic heterocycles. The zero-order chi connectivity index (χ0) is 31.6. The van der Waals surface area contributed by atoms with Gasteiger partial charge in [0.25, 0.3) is 0 Å². The average Bonchev–Trinajstić information content (AvgIpc) is 3.53. The number of likely N-dealkylation sites (tertiary alicyclic amines) is 1. The van der Waals surface area contributed by atoms with Crippen molar-refractivity contribution in [1.29, 1.82) is 0 Å². The van der Waals surface area contributed by atoms with Crippen molar-refractivity contribution in [2.24, 2.45) is 0 Å². The highest BCUT2D eigenvalue weighted by molar-refractivity contribution is 6.13. The van der Waals surface area contributed by atoms with Crippen LogP contribution in [0.4, 0.5) is 16.2 Å². The van der Waals surface area contributed by atoms with Crippen LogP contribution in [0, 0.1) is 0 Å². The Morgan fingerprint density at radius 2 is 1.66 bits per heavy atom. The first-order valence-electron chi connectivity index (χ1n) is 16.1. The molecule has 2 aromatic carbocycles. The van der Waals surface area contributed by atoms with E-state index in [-0.39, 0.29) is 30.3 Å². The van der Waals surface area contributed by atoms with E-state index in [4.69, 9.17) is 4.74 Å². The van der Waals surface area contributed by atoms with Crippen LogP contribution in [-0.2, 0) is 31.6 Å². The van der Waals surface area contributed by atoms with Crippen molar-refractivity contribution in [1.82, 2.24) is 4.90 Å². The Bertz CT molecular complexity index is 1550. The van der Waals surface area contributed by atoms with Gasteiger partial charge < -0.3 is 9.64 Å². The number of amides is 3. The van der Waals surface area contributed by atoms with Gasteiger partial charge in [-0.05, 0) is 76.6 Å². The fourth-order valence-corrected chi connectivity index (χ4v) is 7.04. The highest BCUT2D eigenvalue weighted by Gasteiger charge is 2.44. The van der Waals surface area contributed by atoms with Crippen LogP contribution >= 0.6 is 0 Å². The number of carbonyl (C=O) groups excluding carboxylic acids is 3. The van der Waals surface area contributed by atoms with Crippen molar-refractivity contribution < 1.29 is 23.7 Å². The number of allylic oxidation sites excluding steroid dienone is 4. The van der Waals surface area contributed by atoms with Crippen molar-refractivity contribution in [3.63, 3.8) is 0 Å². The summed E-state index contributed by atoms with van der Waals surface area (Å²) in [6.07, 6.45) is 9.65. The number of carbonyl (C=O) groups is 3. The van der Waals surface area contributed by atoms with E-state index in [1.165, 1.54) is 39.5 Å². The molecule has 1 fully saturated rings. The van der Waals surface area contributed by atoms with Crippen LogP contribution in [-0.4, -0.2) is 52.8 Å². The number of rotatable bonds is 10. The summed E-state index contributed by atoms with van der Waals surface area (Å²) in [5.41, 5.74) is 9.05. The summed E-state index contributed by atoms with van der Waals surface area (Å²) in [6.45, 7) is 15.7. The predicted molar refractivity (Wildman–Crippen MR) is 175 cm³/mol. The third-order valence-corrected chi connectivity index (χ3v) is 9.47. The molecule has 0 radical (unpaired) electrons. The Labute approximate surface area is 261 Å². The number of hydrogen-bond donors (Lipinski definition) is 0. The third kappa shape index (κ3) is 5.64. The minimum absolute atomic E-state index is 0.0528. The van der Waals surface area contributed by atoms with Crippen molar-refractivity contribution in [3.8, 4) is 0 Å². The fourth-order valence-electron chi connectivity index (χ4n) is 7.04. The Kier molecular flexibility index (Phi) is 8.96. The number of likely N-dealkylation sites (N-methyl/N-ethyl adjacent to an activating group) is 1.